The molecule has 1 aliphatic carbocycles. The summed E-state index contributed by atoms with van der Waals surface area (Å²) in [5, 5.41) is 28.5. The van der Waals surface area contributed by atoms with Gasteiger partial charge in [0.05, 0.1) is 41.8 Å². The number of furan rings is 1. The molecule has 4 atom stereocenters. The topological polar surface area (TPSA) is 192 Å². The van der Waals surface area contributed by atoms with Crippen LogP contribution in [0.15, 0.2) is 22.8 Å². The number of nitrogens with one attached hydrogen (secondary N) is 2. The van der Waals surface area contributed by atoms with Crippen molar-refractivity contribution >= 4 is 47.3 Å². The number of hydrogen-bond donors (Lipinski definition) is 2. The van der Waals surface area contributed by atoms with E-state index in [0.717, 1.165) is 34.4 Å². The molecule has 0 bridgehead atoms. The van der Waals surface area contributed by atoms with Gasteiger partial charge in [-0.2, -0.15) is 0 Å². The van der Waals surface area contributed by atoms with E-state index in [9.17, 15) is 39.0 Å². The number of aliphatic carboxylic acids is 2. The fourth-order valence-electron chi connectivity index (χ4n) is 4.60. The van der Waals surface area contributed by atoms with Crippen molar-refractivity contribution in [1.29, 1.82) is 0 Å². The summed E-state index contributed by atoms with van der Waals surface area (Å²) in [7, 11) is 0. The van der Waals surface area contributed by atoms with Gasteiger partial charge in [-0.1, -0.05) is 0 Å². The van der Waals surface area contributed by atoms with Gasteiger partial charge in [0, 0.05) is 31.1 Å². The van der Waals surface area contributed by atoms with Gasteiger partial charge in [0.15, 0.2) is 5.76 Å². The monoisotopic (exact) mass is 534 g/mol. The van der Waals surface area contributed by atoms with Gasteiger partial charge < -0.3 is 44.7 Å². The van der Waals surface area contributed by atoms with Gasteiger partial charge in [0.2, 0.25) is 17.7 Å². The molecule has 13 nitrogen and oxygen atoms in total. The lowest BCUT2D eigenvalue weighted by Gasteiger charge is -2.26. The molecule has 1 aromatic rings. The van der Waals surface area contributed by atoms with Gasteiger partial charge in [-0.25, -0.2) is 0 Å². The molecule has 2 aliphatic heterocycles. The number of carboxylic acids is 2. The molecule has 1 saturated carbocycles. The molecular formula is C23H26N4O9S-2. The number of carbonyl (C=O) groups is 6. The van der Waals surface area contributed by atoms with E-state index >= 15 is 0 Å². The molecule has 4 rings (SSSR count). The summed E-state index contributed by atoms with van der Waals surface area (Å²) >= 11 is 0.915. The summed E-state index contributed by atoms with van der Waals surface area (Å²) in [5.74, 6) is -5.13. The molecule has 0 spiro atoms. The minimum Gasteiger partial charge on any atom is -0.548 e. The summed E-state index contributed by atoms with van der Waals surface area (Å²) in [6.45, 7) is -0.0277. The Morgan fingerprint density at radius 2 is 1.43 bits per heavy atom. The van der Waals surface area contributed by atoms with Gasteiger partial charge >= 0.3 is 0 Å². The van der Waals surface area contributed by atoms with Crippen LogP contribution in [0.3, 0.4) is 0 Å². The summed E-state index contributed by atoms with van der Waals surface area (Å²) < 4.78 is 5.01. The van der Waals surface area contributed by atoms with E-state index in [0.29, 0.717) is 0 Å². The Hall–Kier alpha value is -3.55. The minimum atomic E-state index is -1.46. The molecule has 37 heavy (non-hydrogen) atoms. The Morgan fingerprint density at radius 3 is 1.89 bits per heavy atom. The number of nitrogens with zero attached hydrogens (tertiary/aromatic N) is 2. The largest absolute Gasteiger partial charge is 0.548 e. The molecule has 3 aliphatic rings. The van der Waals surface area contributed by atoms with Crippen LogP contribution in [0.1, 0.15) is 36.2 Å². The molecule has 0 aromatic carbocycles. The van der Waals surface area contributed by atoms with Gasteiger partial charge in [0.1, 0.15) is 0 Å². The summed E-state index contributed by atoms with van der Waals surface area (Å²) in [6.07, 6.45) is 2.91. The molecule has 0 unspecified atom stereocenters. The van der Waals surface area contributed by atoms with Gasteiger partial charge in [-0.05, 0) is 37.8 Å². The van der Waals surface area contributed by atoms with Gasteiger partial charge in [-0.3, -0.25) is 19.2 Å². The van der Waals surface area contributed by atoms with Crippen LogP contribution in [0.2, 0.25) is 0 Å². The predicted octanol–water partition coefficient (Wildman–Crippen LogP) is -3.29. The van der Waals surface area contributed by atoms with Gasteiger partial charge in [-0.15, -0.1) is 11.8 Å². The molecular weight excluding hydrogens is 508 g/mol. The third-order valence-corrected chi connectivity index (χ3v) is 7.51. The third-order valence-electron chi connectivity index (χ3n) is 6.61. The predicted molar refractivity (Wildman–Crippen MR) is 122 cm³/mol. The van der Waals surface area contributed by atoms with E-state index in [1.165, 1.54) is 18.4 Å². The fraction of sp³-hybridized carbons (Fsp3) is 0.565. The van der Waals surface area contributed by atoms with Crippen LogP contribution in [0.5, 0.6) is 0 Å². The highest BCUT2D eigenvalue weighted by Crippen LogP contribution is 2.30. The summed E-state index contributed by atoms with van der Waals surface area (Å²) in [4.78, 5) is 75.0. The molecule has 14 heteroatoms. The van der Waals surface area contributed by atoms with E-state index in [1.807, 2.05) is 0 Å². The lowest BCUT2D eigenvalue weighted by molar-refractivity contribution is -0.311. The smallest absolute Gasteiger partial charge is 0.287 e. The molecule has 1 aromatic heterocycles. The zero-order valence-electron chi connectivity index (χ0n) is 19.8. The van der Waals surface area contributed by atoms with Crippen molar-refractivity contribution < 1.29 is 43.4 Å². The van der Waals surface area contributed by atoms with Crippen LogP contribution in [0.4, 0.5) is 0 Å². The number of hydrogen-bond acceptors (Lipinski definition) is 10. The number of carbonyl (C=O) groups excluding carboxylic acids is 6. The lowest BCUT2D eigenvalue weighted by atomic mass is 10.1. The van der Waals surface area contributed by atoms with Crippen LogP contribution in [-0.4, -0.2) is 94.1 Å². The van der Waals surface area contributed by atoms with E-state index in [-0.39, 0.29) is 55.0 Å². The summed E-state index contributed by atoms with van der Waals surface area (Å²) in [5.41, 5.74) is 0. The summed E-state index contributed by atoms with van der Waals surface area (Å²) in [6, 6.07) is -0.578. The van der Waals surface area contributed by atoms with Crippen molar-refractivity contribution in [3.8, 4) is 0 Å². The van der Waals surface area contributed by atoms with Crippen LogP contribution in [0, 0.1) is 5.92 Å². The average Bonchev–Trinajstić information content (AvgIpc) is 3.23. The minimum absolute atomic E-state index is 0.0282. The quantitative estimate of drug-likeness (QED) is 0.307. The number of carboxylic acid groups (broad SMARTS) is 2. The number of thioether (sulfide) groups is 1. The second-order valence-corrected chi connectivity index (χ2v) is 10.3. The molecule has 4 amide bonds. The van der Waals surface area contributed by atoms with E-state index in [4.69, 9.17) is 4.42 Å². The Bertz CT molecular complexity index is 1070. The normalized spacial score (nSPS) is 25.1. The first kappa shape index (κ1) is 26.5. The van der Waals surface area contributed by atoms with Crippen LogP contribution < -0.4 is 20.8 Å². The highest BCUT2D eigenvalue weighted by Gasteiger charge is 2.40. The van der Waals surface area contributed by atoms with E-state index < -0.39 is 53.8 Å². The Morgan fingerprint density at radius 1 is 0.892 bits per heavy atom. The first-order valence-corrected chi connectivity index (χ1v) is 13.0. The number of likely N-dealkylation sites (tertiary alicyclic amines) is 2. The standard InChI is InChI=1S/C23H28N4O9S/c28-18(26-8-13(6-15(26)22(32)33)24-20(30)12-3-4-12)10-37-11-19(29)27-9-14(7-16(27)23(34)35)25-21(31)17-2-1-5-36-17/h1-2,5,12-16H,3-4,6-11H2,(H,24,30)(H,25,31)(H,32,33)(H,34,35)/p-2/t13-,14-,15-,16-/m0/s1. The maximum absolute atomic E-state index is 12.7. The molecule has 3 heterocycles. The first-order valence-electron chi connectivity index (χ1n) is 11.9. The van der Waals surface area contributed by atoms with Crippen molar-refractivity contribution in [2.24, 2.45) is 5.92 Å². The molecule has 2 N–H and O–H groups in total. The second kappa shape index (κ2) is 11.2. The maximum Gasteiger partial charge on any atom is 0.287 e. The van der Waals surface area contributed by atoms with Crippen molar-refractivity contribution in [3.05, 3.63) is 24.2 Å². The van der Waals surface area contributed by atoms with Crippen LogP contribution in [-0.2, 0) is 24.0 Å². The second-order valence-electron chi connectivity index (χ2n) is 9.35. The van der Waals surface area contributed by atoms with Crippen molar-refractivity contribution in [1.82, 2.24) is 20.4 Å². The lowest BCUT2D eigenvalue weighted by Crippen LogP contribution is -2.48. The van der Waals surface area contributed by atoms with Crippen molar-refractivity contribution in [2.75, 3.05) is 24.6 Å². The van der Waals surface area contributed by atoms with Crippen molar-refractivity contribution in [3.63, 3.8) is 0 Å². The Balaban J connectivity index is 1.27. The Kier molecular flexibility index (Phi) is 8.05. The number of amides is 4. The highest BCUT2D eigenvalue weighted by atomic mass is 32.2. The van der Waals surface area contributed by atoms with Crippen LogP contribution in [0.25, 0.3) is 0 Å². The fourth-order valence-corrected chi connectivity index (χ4v) is 5.38. The molecule has 0 radical (unpaired) electrons. The molecule has 200 valence electrons. The number of rotatable bonds is 10. The van der Waals surface area contributed by atoms with Crippen LogP contribution >= 0.6 is 11.8 Å². The third kappa shape index (κ3) is 6.42. The highest BCUT2D eigenvalue weighted by molar-refractivity contribution is 8.00. The van der Waals surface area contributed by atoms with Gasteiger partial charge in [0.25, 0.3) is 5.91 Å². The van der Waals surface area contributed by atoms with Crippen molar-refractivity contribution in [2.45, 2.75) is 49.9 Å². The zero-order valence-corrected chi connectivity index (χ0v) is 20.6. The molecule has 3 fully saturated rings. The first-order chi connectivity index (χ1) is 17.6. The Labute approximate surface area is 215 Å². The van der Waals surface area contributed by atoms with E-state index in [2.05, 4.69) is 10.6 Å². The molecule has 2 saturated heterocycles. The zero-order chi connectivity index (χ0) is 26.7. The SMILES string of the molecule is O=C(N[C@H]1C[C@@H](C(=O)[O-])N(C(=O)CSCC(=O)N2C[C@@H](NC(=O)C3CC3)C[C@H]2C(=O)[O-])C1)c1ccco1. The van der Waals surface area contributed by atoms with E-state index in [1.54, 1.807) is 0 Å². The average molecular weight is 535 g/mol. The maximum atomic E-state index is 12.7.